The van der Waals surface area contributed by atoms with Crippen LogP contribution in [0.15, 0.2) is 16.5 Å². The molecule has 0 saturated carbocycles. The van der Waals surface area contributed by atoms with Gasteiger partial charge in [0.05, 0.1) is 18.6 Å². The minimum absolute atomic E-state index is 0.0970. The zero-order chi connectivity index (χ0) is 22.8. The summed E-state index contributed by atoms with van der Waals surface area (Å²) in [6.45, 7) is 11.6. The first-order valence-corrected chi connectivity index (χ1v) is 10.7. The van der Waals surface area contributed by atoms with Crippen molar-refractivity contribution in [2.45, 2.75) is 39.7 Å². The average molecular weight is 434 g/mol. The minimum Gasteiger partial charge on any atom is -0.430 e. The molecule has 2 aliphatic rings. The van der Waals surface area contributed by atoms with Crippen LogP contribution >= 0.6 is 0 Å². The van der Waals surface area contributed by atoms with E-state index in [9.17, 15) is 9.59 Å². The molecule has 4 rings (SSSR count). The van der Waals surface area contributed by atoms with Gasteiger partial charge in [-0.3, -0.25) is 9.59 Å². The number of morpholine rings is 1. The van der Waals surface area contributed by atoms with Gasteiger partial charge in [0.25, 0.3) is 5.91 Å². The van der Waals surface area contributed by atoms with Gasteiger partial charge in [-0.05, 0) is 58.0 Å². The quantitative estimate of drug-likeness (QED) is 0.631. The molecule has 4 N–H and O–H groups in total. The van der Waals surface area contributed by atoms with Crippen LogP contribution < -0.4 is 16.4 Å². The first kappa shape index (κ1) is 24.8. The Morgan fingerprint density at radius 2 is 2.06 bits per heavy atom. The molecule has 2 aromatic rings. The molecule has 1 unspecified atom stereocenters. The fourth-order valence-electron chi connectivity index (χ4n) is 3.34. The fraction of sp³-hybridized carbons (Fsp3) is 0.591. The summed E-state index contributed by atoms with van der Waals surface area (Å²) >= 11 is 0. The normalized spacial score (nSPS) is 18.7. The number of rotatable bonds is 4. The Hall–Kier alpha value is -2.49. The number of hydrogen-bond donors (Lipinski definition) is 3. The number of nitrogens with two attached hydrogens (primary N) is 1. The predicted molar refractivity (Wildman–Crippen MR) is 121 cm³/mol. The molecule has 0 spiro atoms. The number of hydrogen-bond acceptors (Lipinski definition) is 7. The van der Waals surface area contributed by atoms with E-state index in [1.165, 1.54) is 25.9 Å². The highest BCUT2D eigenvalue weighted by atomic mass is 16.5. The molecule has 172 valence electrons. The van der Waals surface area contributed by atoms with Crippen molar-refractivity contribution in [2.24, 2.45) is 11.7 Å². The van der Waals surface area contributed by atoms with Crippen molar-refractivity contribution in [1.82, 2.24) is 15.2 Å². The minimum atomic E-state index is -0.750. The Kier molecular flexibility index (Phi) is 9.90. The third-order valence-electron chi connectivity index (χ3n) is 5.21. The maximum Gasteiger partial charge on any atom is 0.286 e. The third-order valence-corrected chi connectivity index (χ3v) is 5.21. The number of nitrogens with one attached hydrogen (secondary N) is 2. The van der Waals surface area contributed by atoms with Crippen molar-refractivity contribution in [1.29, 1.82) is 0 Å². The summed E-state index contributed by atoms with van der Waals surface area (Å²) < 4.78 is 10.5. The number of aryl methyl sites for hydroxylation is 1. The summed E-state index contributed by atoms with van der Waals surface area (Å²) in [5, 5.41) is 6.33. The number of anilines is 1. The van der Waals surface area contributed by atoms with Crippen LogP contribution in [0, 0.1) is 12.8 Å². The van der Waals surface area contributed by atoms with E-state index in [4.69, 9.17) is 14.9 Å². The Labute approximate surface area is 183 Å². The number of aromatic nitrogens is 1. The number of primary amides is 1. The van der Waals surface area contributed by atoms with Crippen molar-refractivity contribution in [3.63, 3.8) is 0 Å². The van der Waals surface area contributed by atoms with E-state index >= 15 is 0 Å². The molecule has 2 saturated heterocycles. The van der Waals surface area contributed by atoms with Crippen molar-refractivity contribution in [2.75, 3.05) is 45.2 Å². The number of nitrogens with zero attached hydrogens (tertiary/aromatic N) is 2. The molecule has 0 bridgehead atoms. The van der Waals surface area contributed by atoms with E-state index in [-0.39, 0.29) is 17.2 Å². The Balaban J connectivity index is 0.000000190. The molecule has 4 heterocycles. The standard InChI is InChI=1S/C10H9N3O3.C7H15NO.C5H11N/c1-5-2-3-6-7(12-4-14)8(9(11)15)16-10(6)13-5;1-6(2)7-5-9-4-3-8-7;1-6-4-2-3-5-6/h2-4H,1H3,(H2,11,15)(H,12,14);6-8H,3-5H2,1-2H3;2-5H2,1H3. The van der Waals surface area contributed by atoms with Crippen LogP contribution in [0.1, 0.15) is 42.9 Å². The maximum atomic E-state index is 11.1. The topological polar surface area (TPSA) is 123 Å². The summed E-state index contributed by atoms with van der Waals surface area (Å²) in [6.07, 6.45) is 3.28. The molecule has 2 amide bonds. The van der Waals surface area contributed by atoms with E-state index in [1.54, 1.807) is 19.1 Å². The summed E-state index contributed by atoms with van der Waals surface area (Å²) in [5.74, 6) is -0.148. The Morgan fingerprint density at radius 3 is 2.52 bits per heavy atom. The van der Waals surface area contributed by atoms with E-state index in [0.29, 0.717) is 23.8 Å². The number of likely N-dealkylation sites (tertiary alicyclic amines) is 1. The maximum absolute atomic E-state index is 11.1. The van der Waals surface area contributed by atoms with E-state index in [1.807, 2.05) is 0 Å². The van der Waals surface area contributed by atoms with Crippen molar-refractivity contribution in [3.8, 4) is 0 Å². The predicted octanol–water partition coefficient (Wildman–Crippen LogP) is 2.15. The second-order valence-electron chi connectivity index (χ2n) is 8.13. The lowest BCUT2D eigenvalue weighted by atomic mass is 10.1. The Morgan fingerprint density at radius 1 is 1.35 bits per heavy atom. The molecule has 9 heteroatoms. The smallest absolute Gasteiger partial charge is 0.286 e. The second kappa shape index (κ2) is 12.4. The van der Waals surface area contributed by atoms with Crippen LogP contribution in [0.2, 0.25) is 0 Å². The molecule has 0 aliphatic carbocycles. The number of pyridine rings is 1. The zero-order valence-electron chi connectivity index (χ0n) is 18.9. The van der Waals surface area contributed by atoms with Crippen LogP contribution in [0.25, 0.3) is 11.1 Å². The highest BCUT2D eigenvalue weighted by Crippen LogP contribution is 2.29. The van der Waals surface area contributed by atoms with Crippen LogP contribution in [-0.4, -0.2) is 68.1 Å². The number of furan rings is 1. The average Bonchev–Trinajstić information content (AvgIpc) is 3.36. The van der Waals surface area contributed by atoms with Crippen LogP contribution in [0.3, 0.4) is 0 Å². The van der Waals surface area contributed by atoms with Gasteiger partial charge >= 0.3 is 0 Å². The van der Waals surface area contributed by atoms with E-state index < -0.39 is 5.91 Å². The highest BCUT2D eigenvalue weighted by Gasteiger charge is 2.19. The molecule has 9 nitrogen and oxygen atoms in total. The lowest BCUT2D eigenvalue weighted by Crippen LogP contribution is -2.44. The van der Waals surface area contributed by atoms with Crippen molar-refractivity contribution in [3.05, 3.63) is 23.6 Å². The number of carbonyl (C=O) groups excluding carboxylic acids is 2. The largest absolute Gasteiger partial charge is 0.430 e. The van der Waals surface area contributed by atoms with Crippen LogP contribution in [-0.2, 0) is 9.53 Å². The molecular weight excluding hydrogens is 398 g/mol. The van der Waals surface area contributed by atoms with Gasteiger partial charge in [0.15, 0.2) is 0 Å². The van der Waals surface area contributed by atoms with Gasteiger partial charge < -0.3 is 30.4 Å². The molecule has 2 aromatic heterocycles. The summed E-state index contributed by atoms with van der Waals surface area (Å²) in [5.41, 5.74) is 6.41. The van der Waals surface area contributed by atoms with Gasteiger partial charge in [0.1, 0.15) is 5.69 Å². The first-order valence-electron chi connectivity index (χ1n) is 10.7. The summed E-state index contributed by atoms with van der Waals surface area (Å²) in [7, 11) is 2.17. The molecule has 2 aliphatic heterocycles. The van der Waals surface area contributed by atoms with Gasteiger partial charge in [-0.15, -0.1) is 0 Å². The first-order chi connectivity index (χ1) is 14.8. The number of carbonyl (C=O) groups is 2. The zero-order valence-corrected chi connectivity index (χ0v) is 18.9. The van der Waals surface area contributed by atoms with Crippen LogP contribution in [0.4, 0.5) is 5.69 Å². The molecule has 31 heavy (non-hydrogen) atoms. The molecule has 0 radical (unpaired) electrons. The molecule has 2 fully saturated rings. The highest BCUT2D eigenvalue weighted by molar-refractivity contribution is 6.07. The molecule has 0 aromatic carbocycles. The van der Waals surface area contributed by atoms with Crippen molar-refractivity contribution < 1.29 is 18.7 Å². The molecular formula is C22H35N5O4. The van der Waals surface area contributed by atoms with Gasteiger partial charge in [-0.2, -0.15) is 0 Å². The Bertz CT molecular complexity index is 840. The van der Waals surface area contributed by atoms with Gasteiger partial charge in [0.2, 0.25) is 17.9 Å². The van der Waals surface area contributed by atoms with Crippen molar-refractivity contribution >= 4 is 29.1 Å². The SMILES string of the molecule is CC(C)C1COCCN1.CN1CCCC1.Cc1ccc2c(NC=O)c(C(N)=O)oc2n1. The van der Waals surface area contributed by atoms with E-state index in [2.05, 4.69) is 41.4 Å². The number of amides is 2. The van der Waals surface area contributed by atoms with Crippen LogP contribution in [0.5, 0.6) is 0 Å². The van der Waals surface area contributed by atoms with Gasteiger partial charge in [-0.1, -0.05) is 13.8 Å². The van der Waals surface area contributed by atoms with Gasteiger partial charge in [-0.25, -0.2) is 4.98 Å². The van der Waals surface area contributed by atoms with E-state index in [0.717, 1.165) is 25.5 Å². The fourth-order valence-corrected chi connectivity index (χ4v) is 3.34. The number of fused-ring (bicyclic) bond motifs is 1. The monoisotopic (exact) mass is 433 g/mol. The number of ether oxygens (including phenoxy) is 1. The second-order valence-corrected chi connectivity index (χ2v) is 8.13. The van der Waals surface area contributed by atoms with Gasteiger partial charge in [0, 0.05) is 18.3 Å². The molecule has 1 atom stereocenters. The lowest BCUT2D eigenvalue weighted by Gasteiger charge is -2.26. The summed E-state index contributed by atoms with van der Waals surface area (Å²) in [4.78, 5) is 28.0. The third kappa shape index (κ3) is 7.61. The lowest BCUT2D eigenvalue weighted by molar-refractivity contribution is -0.105. The summed E-state index contributed by atoms with van der Waals surface area (Å²) in [6, 6.07) is 4.04.